The summed E-state index contributed by atoms with van der Waals surface area (Å²) in [5.74, 6) is 1.51. The fourth-order valence-corrected chi connectivity index (χ4v) is 6.07. The maximum absolute atomic E-state index is 13.3. The quantitative estimate of drug-likeness (QED) is 0.486. The van der Waals surface area contributed by atoms with Gasteiger partial charge in [-0.15, -0.1) is 0 Å². The topological polar surface area (TPSA) is 3.24 Å². The molecule has 2 aliphatic rings. The highest BCUT2D eigenvalue weighted by atomic mass is 19.1. The first kappa shape index (κ1) is 19.9. The molecule has 146 valence electrons. The van der Waals surface area contributed by atoms with Gasteiger partial charge in [-0.05, 0) is 48.6 Å². The molecule has 0 bridgehead atoms. The van der Waals surface area contributed by atoms with Crippen LogP contribution in [0.2, 0.25) is 0 Å². The van der Waals surface area contributed by atoms with E-state index in [0.29, 0.717) is 6.54 Å². The Morgan fingerprint density at radius 1 is 1.12 bits per heavy atom. The summed E-state index contributed by atoms with van der Waals surface area (Å²) in [6.07, 6.45) is 12.0. The molecule has 1 heterocycles. The summed E-state index contributed by atoms with van der Waals surface area (Å²) < 4.78 is 13.3. The lowest BCUT2D eigenvalue weighted by Gasteiger charge is -2.52. The van der Waals surface area contributed by atoms with Crippen molar-refractivity contribution in [1.29, 1.82) is 0 Å². The van der Waals surface area contributed by atoms with Gasteiger partial charge in [-0.1, -0.05) is 70.2 Å². The molecule has 2 atom stereocenters. The van der Waals surface area contributed by atoms with Crippen molar-refractivity contribution in [3.63, 3.8) is 0 Å². The lowest BCUT2D eigenvalue weighted by atomic mass is 9.57. The van der Waals surface area contributed by atoms with E-state index in [0.717, 1.165) is 24.9 Å². The average Bonchev–Trinajstić information content (AvgIpc) is 3.20. The standard InChI is InChI=1S/C24H38FN/c1-3-5-12-21(10-4-2)24(22-13-7-8-14-22)19-26(17-16-25)18-20-11-6-9-15-23(20)24/h6,9,11,15,21-22H,3-5,7-8,10,12-14,16-19H2,1-2H3. The lowest BCUT2D eigenvalue weighted by Crippen LogP contribution is -2.54. The molecule has 3 rings (SSSR count). The number of alkyl halides is 1. The second-order valence-corrected chi connectivity index (χ2v) is 8.71. The smallest absolute Gasteiger partial charge is 0.102 e. The fraction of sp³-hybridized carbons (Fsp3) is 0.750. The predicted octanol–water partition coefficient (Wildman–Crippen LogP) is 6.51. The summed E-state index contributed by atoms with van der Waals surface area (Å²) in [6.45, 7) is 7.03. The van der Waals surface area contributed by atoms with Crippen LogP contribution in [0.15, 0.2) is 24.3 Å². The van der Waals surface area contributed by atoms with Crippen LogP contribution in [0.1, 0.15) is 82.8 Å². The van der Waals surface area contributed by atoms with Crippen LogP contribution in [0, 0.1) is 11.8 Å². The molecule has 2 heteroatoms. The molecule has 1 aromatic rings. The summed E-state index contributed by atoms with van der Waals surface area (Å²) in [4.78, 5) is 2.43. The van der Waals surface area contributed by atoms with E-state index in [1.807, 2.05) is 0 Å². The molecule has 1 aromatic carbocycles. The highest BCUT2D eigenvalue weighted by molar-refractivity contribution is 5.39. The third kappa shape index (κ3) is 3.86. The van der Waals surface area contributed by atoms with Crippen LogP contribution in [0.4, 0.5) is 4.39 Å². The number of hydrogen-bond acceptors (Lipinski definition) is 1. The normalized spacial score (nSPS) is 25.3. The highest BCUT2D eigenvalue weighted by Gasteiger charge is 2.50. The molecule has 0 saturated heterocycles. The third-order valence-corrected chi connectivity index (χ3v) is 7.15. The van der Waals surface area contributed by atoms with Gasteiger partial charge < -0.3 is 0 Å². The zero-order valence-corrected chi connectivity index (χ0v) is 17.0. The van der Waals surface area contributed by atoms with Gasteiger partial charge in [0.15, 0.2) is 0 Å². The van der Waals surface area contributed by atoms with Gasteiger partial charge in [0.25, 0.3) is 0 Å². The molecule has 1 aliphatic carbocycles. The van der Waals surface area contributed by atoms with Crippen molar-refractivity contribution in [3.8, 4) is 0 Å². The summed E-state index contributed by atoms with van der Waals surface area (Å²) in [6, 6.07) is 9.16. The highest BCUT2D eigenvalue weighted by Crippen LogP contribution is 2.53. The molecule has 1 saturated carbocycles. The average molecular weight is 360 g/mol. The second-order valence-electron chi connectivity index (χ2n) is 8.71. The SMILES string of the molecule is CCCCC(CCC)C1(C2CCCC2)CN(CCF)Cc2ccccc21. The second kappa shape index (κ2) is 9.35. The van der Waals surface area contributed by atoms with Crippen molar-refractivity contribution in [3.05, 3.63) is 35.4 Å². The predicted molar refractivity (Wildman–Crippen MR) is 109 cm³/mol. The Hall–Kier alpha value is -0.890. The van der Waals surface area contributed by atoms with E-state index < -0.39 is 0 Å². The Bertz CT molecular complexity index is 551. The first-order valence-corrected chi connectivity index (χ1v) is 11.1. The molecule has 2 unspecified atom stereocenters. The third-order valence-electron chi connectivity index (χ3n) is 7.15. The number of halogens is 1. The van der Waals surface area contributed by atoms with Crippen molar-refractivity contribution in [2.45, 2.75) is 83.6 Å². The number of benzene rings is 1. The van der Waals surface area contributed by atoms with Gasteiger partial charge in [0.2, 0.25) is 0 Å². The van der Waals surface area contributed by atoms with Gasteiger partial charge in [0.05, 0.1) is 0 Å². The van der Waals surface area contributed by atoms with Gasteiger partial charge in [-0.2, -0.15) is 0 Å². The van der Waals surface area contributed by atoms with E-state index in [1.54, 1.807) is 5.56 Å². The Kier molecular flexibility index (Phi) is 7.14. The van der Waals surface area contributed by atoms with Gasteiger partial charge in [0, 0.05) is 25.0 Å². The number of hydrogen-bond donors (Lipinski definition) is 0. The number of nitrogens with zero attached hydrogens (tertiary/aromatic N) is 1. The van der Waals surface area contributed by atoms with Crippen molar-refractivity contribution < 1.29 is 4.39 Å². The van der Waals surface area contributed by atoms with E-state index in [-0.39, 0.29) is 12.1 Å². The molecular weight excluding hydrogens is 321 g/mol. The van der Waals surface area contributed by atoms with Crippen molar-refractivity contribution in [1.82, 2.24) is 4.90 Å². The van der Waals surface area contributed by atoms with Crippen molar-refractivity contribution in [2.75, 3.05) is 19.8 Å². The van der Waals surface area contributed by atoms with Crippen LogP contribution >= 0.6 is 0 Å². The summed E-state index contributed by atoms with van der Waals surface area (Å²) in [5, 5.41) is 0. The van der Waals surface area contributed by atoms with Crippen molar-refractivity contribution in [2.24, 2.45) is 11.8 Å². The Morgan fingerprint density at radius 2 is 1.88 bits per heavy atom. The maximum atomic E-state index is 13.3. The minimum Gasteiger partial charge on any atom is -0.296 e. The number of unbranched alkanes of at least 4 members (excludes halogenated alkanes) is 1. The van der Waals surface area contributed by atoms with E-state index in [1.165, 1.54) is 63.4 Å². The Morgan fingerprint density at radius 3 is 2.58 bits per heavy atom. The molecule has 0 radical (unpaired) electrons. The molecular formula is C24H38FN. The molecule has 1 aliphatic heterocycles. The van der Waals surface area contributed by atoms with Crippen molar-refractivity contribution >= 4 is 0 Å². The zero-order chi connectivity index (χ0) is 18.4. The largest absolute Gasteiger partial charge is 0.296 e. The van der Waals surface area contributed by atoms with Gasteiger partial charge in [0.1, 0.15) is 6.67 Å². The fourth-order valence-electron chi connectivity index (χ4n) is 6.07. The molecule has 26 heavy (non-hydrogen) atoms. The van der Waals surface area contributed by atoms with E-state index in [2.05, 4.69) is 43.0 Å². The Balaban J connectivity index is 2.07. The molecule has 0 spiro atoms. The minimum absolute atomic E-state index is 0.226. The van der Waals surface area contributed by atoms with Crippen LogP contribution < -0.4 is 0 Å². The number of rotatable bonds is 9. The Labute approximate surface area is 160 Å². The maximum Gasteiger partial charge on any atom is 0.102 e. The molecule has 1 fully saturated rings. The van der Waals surface area contributed by atoms with Gasteiger partial charge >= 0.3 is 0 Å². The zero-order valence-electron chi connectivity index (χ0n) is 17.0. The van der Waals surface area contributed by atoms with Gasteiger partial charge in [-0.25, -0.2) is 4.39 Å². The first-order valence-electron chi connectivity index (χ1n) is 11.1. The molecule has 1 nitrogen and oxygen atoms in total. The van der Waals surface area contributed by atoms with Crippen LogP contribution in [-0.2, 0) is 12.0 Å². The van der Waals surface area contributed by atoms with Crippen LogP contribution in [0.3, 0.4) is 0 Å². The summed E-state index contributed by atoms with van der Waals surface area (Å²) in [7, 11) is 0. The van der Waals surface area contributed by atoms with Crippen LogP contribution in [-0.4, -0.2) is 24.7 Å². The van der Waals surface area contributed by atoms with E-state index in [9.17, 15) is 4.39 Å². The molecule has 0 amide bonds. The number of fused-ring (bicyclic) bond motifs is 1. The van der Waals surface area contributed by atoms with Gasteiger partial charge in [-0.3, -0.25) is 4.90 Å². The molecule has 0 aromatic heterocycles. The minimum atomic E-state index is -0.226. The van der Waals surface area contributed by atoms with Crippen LogP contribution in [0.25, 0.3) is 0 Å². The van der Waals surface area contributed by atoms with E-state index >= 15 is 0 Å². The molecule has 0 N–H and O–H groups in total. The lowest BCUT2D eigenvalue weighted by molar-refractivity contribution is 0.0623. The summed E-state index contributed by atoms with van der Waals surface area (Å²) >= 11 is 0. The first-order chi connectivity index (χ1) is 12.8. The summed E-state index contributed by atoms with van der Waals surface area (Å²) in [5.41, 5.74) is 3.33. The van der Waals surface area contributed by atoms with Crippen LogP contribution in [0.5, 0.6) is 0 Å². The van der Waals surface area contributed by atoms with E-state index in [4.69, 9.17) is 0 Å². The monoisotopic (exact) mass is 359 g/mol.